The number of fused-ring (bicyclic) bond motifs is 1. The van der Waals surface area contributed by atoms with Gasteiger partial charge < -0.3 is 10.1 Å². The topological polar surface area (TPSA) is 72.5 Å². The first-order valence-corrected chi connectivity index (χ1v) is 10.8. The molecule has 140 valence electrons. The number of rotatable bonds is 6. The normalized spacial score (nSPS) is 11.3. The number of sulfone groups is 1. The van der Waals surface area contributed by atoms with E-state index in [1.54, 1.807) is 19.1 Å². The molecule has 0 heterocycles. The van der Waals surface area contributed by atoms with Gasteiger partial charge in [0.25, 0.3) is 5.91 Å². The van der Waals surface area contributed by atoms with E-state index in [2.05, 4.69) is 21.2 Å². The lowest BCUT2D eigenvalue weighted by molar-refractivity contribution is -0.118. The van der Waals surface area contributed by atoms with Crippen LogP contribution < -0.4 is 10.1 Å². The predicted molar refractivity (Wildman–Crippen MR) is 110 cm³/mol. The minimum atomic E-state index is -3.26. The van der Waals surface area contributed by atoms with Crippen LogP contribution in [0.5, 0.6) is 5.75 Å². The van der Waals surface area contributed by atoms with Gasteiger partial charge in [-0.05, 0) is 57.0 Å². The highest BCUT2D eigenvalue weighted by molar-refractivity contribution is 9.10. The Morgan fingerprint density at radius 3 is 2.44 bits per heavy atom. The van der Waals surface area contributed by atoms with Crippen LogP contribution >= 0.6 is 15.9 Å². The standard InChI is InChI=1S/C20H18BrNO4S/c1-2-27(24,25)16-10-8-15(9-11-16)22-19(23)13-26-18-12-7-14-5-3-4-6-17(14)20(18)21/h3-12H,2,13H2,1H3,(H,22,23). The molecule has 27 heavy (non-hydrogen) atoms. The minimum absolute atomic E-state index is 0.0349. The maximum Gasteiger partial charge on any atom is 0.262 e. The van der Waals surface area contributed by atoms with Gasteiger partial charge >= 0.3 is 0 Å². The smallest absolute Gasteiger partial charge is 0.262 e. The van der Waals surface area contributed by atoms with Crippen molar-refractivity contribution in [1.82, 2.24) is 0 Å². The van der Waals surface area contributed by atoms with Gasteiger partial charge in [0.1, 0.15) is 5.75 Å². The van der Waals surface area contributed by atoms with Crippen molar-refractivity contribution in [3.8, 4) is 5.75 Å². The molecule has 0 atom stereocenters. The summed E-state index contributed by atoms with van der Waals surface area (Å²) in [5, 5.41) is 4.77. The first-order valence-electron chi connectivity index (χ1n) is 8.33. The molecule has 0 bridgehead atoms. The fraction of sp³-hybridized carbons (Fsp3) is 0.150. The van der Waals surface area contributed by atoms with E-state index >= 15 is 0 Å². The van der Waals surface area contributed by atoms with Crippen LogP contribution in [0.15, 0.2) is 70.0 Å². The third-order valence-corrected chi connectivity index (χ3v) is 6.63. The number of ether oxygens (including phenoxy) is 1. The van der Waals surface area contributed by atoms with Gasteiger partial charge in [0.2, 0.25) is 0 Å². The van der Waals surface area contributed by atoms with Gasteiger partial charge in [0.15, 0.2) is 16.4 Å². The molecule has 1 N–H and O–H groups in total. The molecule has 0 unspecified atom stereocenters. The Labute approximate surface area is 166 Å². The van der Waals surface area contributed by atoms with Crippen LogP contribution in [-0.2, 0) is 14.6 Å². The molecule has 7 heteroatoms. The van der Waals surface area contributed by atoms with Crippen molar-refractivity contribution >= 4 is 48.1 Å². The number of hydrogen-bond acceptors (Lipinski definition) is 4. The fourth-order valence-corrected chi connectivity index (χ4v) is 4.07. The second-order valence-electron chi connectivity index (χ2n) is 5.86. The fourth-order valence-electron chi connectivity index (χ4n) is 2.58. The maximum atomic E-state index is 12.1. The van der Waals surface area contributed by atoms with Crippen LogP contribution in [0.4, 0.5) is 5.69 Å². The maximum absolute atomic E-state index is 12.1. The molecule has 0 saturated heterocycles. The number of anilines is 1. The third kappa shape index (κ3) is 4.48. The van der Waals surface area contributed by atoms with Crippen molar-refractivity contribution in [2.24, 2.45) is 0 Å². The van der Waals surface area contributed by atoms with Gasteiger partial charge in [-0.15, -0.1) is 0 Å². The highest BCUT2D eigenvalue weighted by atomic mass is 79.9. The number of nitrogens with one attached hydrogen (secondary N) is 1. The Morgan fingerprint density at radius 2 is 1.74 bits per heavy atom. The van der Waals surface area contributed by atoms with Crippen LogP contribution in [0.1, 0.15) is 6.92 Å². The molecule has 0 aliphatic heterocycles. The largest absolute Gasteiger partial charge is 0.483 e. The van der Waals surface area contributed by atoms with Crippen LogP contribution in [-0.4, -0.2) is 26.7 Å². The Morgan fingerprint density at radius 1 is 1.04 bits per heavy atom. The average Bonchev–Trinajstić information content (AvgIpc) is 2.68. The van der Waals surface area contributed by atoms with Crippen LogP contribution in [0, 0.1) is 0 Å². The van der Waals surface area contributed by atoms with Gasteiger partial charge in [0.05, 0.1) is 15.1 Å². The summed E-state index contributed by atoms with van der Waals surface area (Å²) in [6, 6.07) is 17.7. The molecule has 0 aromatic heterocycles. The zero-order chi connectivity index (χ0) is 19.4. The second kappa shape index (κ2) is 8.10. The Bertz CT molecular complexity index is 1080. The van der Waals surface area contributed by atoms with Crippen molar-refractivity contribution < 1.29 is 17.9 Å². The number of benzene rings is 3. The zero-order valence-electron chi connectivity index (χ0n) is 14.6. The Balaban J connectivity index is 1.64. The molecular weight excluding hydrogens is 430 g/mol. The lowest BCUT2D eigenvalue weighted by Crippen LogP contribution is -2.20. The molecule has 5 nitrogen and oxygen atoms in total. The summed E-state index contributed by atoms with van der Waals surface area (Å²) in [7, 11) is -3.26. The average molecular weight is 448 g/mol. The summed E-state index contributed by atoms with van der Waals surface area (Å²) in [6.45, 7) is 1.43. The molecule has 1 amide bonds. The lowest BCUT2D eigenvalue weighted by Gasteiger charge is -2.11. The van der Waals surface area contributed by atoms with Gasteiger partial charge in [-0.1, -0.05) is 37.3 Å². The van der Waals surface area contributed by atoms with Gasteiger partial charge in [-0.2, -0.15) is 0 Å². The van der Waals surface area contributed by atoms with Gasteiger partial charge in [-0.25, -0.2) is 8.42 Å². The van der Waals surface area contributed by atoms with E-state index in [9.17, 15) is 13.2 Å². The van der Waals surface area contributed by atoms with E-state index in [1.165, 1.54) is 12.1 Å². The van der Waals surface area contributed by atoms with Gasteiger partial charge in [-0.3, -0.25) is 4.79 Å². The van der Waals surface area contributed by atoms with E-state index in [0.29, 0.717) is 11.4 Å². The summed E-state index contributed by atoms with van der Waals surface area (Å²) in [5.74, 6) is 0.280. The predicted octanol–water partition coefficient (Wildman–Crippen LogP) is 4.41. The monoisotopic (exact) mass is 447 g/mol. The Kier molecular flexibility index (Phi) is 5.82. The summed E-state index contributed by atoms with van der Waals surface area (Å²) >= 11 is 3.52. The molecule has 3 rings (SSSR count). The summed E-state index contributed by atoms with van der Waals surface area (Å²) in [6.07, 6.45) is 0. The van der Waals surface area contributed by atoms with E-state index in [4.69, 9.17) is 4.74 Å². The Hall–Kier alpha value is -2.38. The molecule has 0 fully saturated rings. The first-order chi connectivity index (χ1) is 12.9. The number of carbonyl (C=O) groups is 1. The number of carbonyl (C=O) groups excluding carboxylic acids is 1. The number of amides is 1. The van der Waals surface area contributed by atoms with Gasteiger partial charge in [0, 0.05) is 5.69 Å². The molecular formula is C20H18BrNO4S. The third-order valence-electron chi connectivity index (χ3n) is 4.06. The van der Waals surface area contributed by atoms with Crippen molar-refractivity contribution in [3.05, 3.63) is 65.1 Å². The number of hydrogen-bond donors (Lipinski definition) is 1. The molecule has 3 aromatic rings. The molecule has 0 aliphatic rings. The summed E-state index contributed by atoms with van der Waals surface area (Å²) in [5.41, 5.74) is 0.510. The SMILES string of the molecule is CCS(=O)(=O)c1ccc(NC(=O)COc2ccc3ccccc3c2Br)cc1. The van der Waals surface area contributed by atoms with Crippen molar-refractivity contribution in [2.75, 3.05) is 17.7 Å². The van der Waals surface area contributed by atoms with Crippen LogP contribution in [0.2, 0.25) is 0 Å². The van der Waals surface area contributed by atoms with E-state index in [-0.39, 0.29) is 23.2 Å². The van der Waals surface area contributed by atoms with Crippen LogP contribution in [0.3, 0.4) is 0 Å². The molecule has 0 aliphatic carbocycles. The van der Waals surface area contributed by atoms with Crippen molar-refractivity contribution in [1.29, 1.82) is 0 Å². The second-order valence-corrected chi connectivity index (χ2v) is 8.93. The van der Waals surface area contributed by atoms with Crippen molar-refractivity contribution in [3.63, 3.8) is 0 Å². The zero-order valence-corrected chi connectivity index (χ0v) is 17.0. The molecule has 0 saturated carbocycles. The highest BCUT2D eigenvalue weighted by Crippen LogP contribution is 2.33. The lowest BCUT2D eigenvalue weighted by atomic mass is 10.1. The van der Waals surface area contributed by atoms with Crippen molar-refractivity contribution in [2.45, 2.75) is 11.8 Å². The minimum Gasteiger partial charge on any atom is -0.483 e. The first kappa shape index (κ1) is 19.4. The molecule has 0 radical (unpaired) electrons. The quantitative estimate of drug-likeness (QED) is 0.606. The summed E-state index contributed by atoms with van der Waals surface area (Å²) < 4.78 is 30.0. The molecule has 3 aromatic carbocycles. The number of halogens is 1. The summed E-state index contributed by atoms with van der Waals surface area (Å²) in [4.78, 5) is 12.4. The van der Waals surface area contributed by atoms with E-state index in [1.807, 2.05) is 36.4 Å². The highest BCUT2D eigenvalue weighted by Gasteiger charge is 2.12. The van der Waals surface area contributed by atoms with Crippen LogP contribution in [0.25, 0.3) is 10.8 Å². The van der Waals surface area contributed by atoms with E-state index in [0.717, 1.165) is 15.2 Å². The molecule has 0 spiro atoms. The van der Waals surface area contributed by atoms with E-state index < -0.39 is 9.84 Å².